The second-order valence-electron chi connectivity index (χ2n) is 2.73. The van der Waals surface area contributed by atoms with Crippen molar-refractivity contribution in [1.82, 2.24) is 0 Å². The summed E-state index contributed by atoms with van der Waals surface area (Å²) < 4.78 is 0. The molecule has 56 valence electrons. The third-order valence-electron chi connectivity index (χ3n) is 1.68. The van der Waals surface area contributed by atoms with Crippen molar-refractivity contribution >= 4 is 0 Å². The molecule has 1 N–H and O–H groups in total. The average molecular weight is 140 g/mol. The molecule has 0 fully saturated rings. The van der Waals surface area contributed by atoms with Gasteiger partial charge in [-0.2, -0.15) is 0 Å². The highest BCUT2D eigenvalue weighted by molar-refractivity contribution is 5.30. The van der Waals surface area contributed by atoms with Crippen LogP contribution < -0.4 is 0 Å². The quantitative estimate of drug-likeness (QED) is 0.469. The highest BCUT2D eigenvalue weighted by Gasteiger charge is 2.17. The third kappa shape index (κ3) is 1.28. The second kappa shape index (κ2) is 2.99. The zero-order valence-corrected chi connectivity index (χ0v) is 6.24. The van der Waals surface area contributed by atoms with Gasteiger partial charge in [-0.1, -0.05) is 26.0 Å². The predicted molar refractivity (Wildman–Crippen MR) is 39.6 cm³/mol. The fourth-order valence-electron chi connectivity index (χ4n) is 1.09. The van der Waals surface area contributed by atoms with Crippen molar-refractivity contribution in [2.75, 3.05) is 0 Å². The van der Waals surface area contributed by atoms with Crippen LogP contribution in [-0.4, -0.2) is 11.4 Å². The molecule has 0 aromatic heterocycles. The van der Waals surface area contributed by atoms with Crippen molar-refractivity contribution in [3.63, 3.8) is 0 Å². The Balaban J connectivity index is 2.62. The van der Waals surface area contributed by atoms with E-state index in [1.165, 1.54) is 0 Å². The first kappa shape index (κ1) is 7.51. The first-order chi connectivity index (χ1) is 4.75. The van der Waals surface area contributed by atoms with E-state index < -0.39 is 0 Å². The summed E-state index contributed by atoms with van der Waals surface area (Å²) in [5.41, 5.74) is 1.13. The van der Waals surface area contributed by atoms with Crippen LogP contribution in [-0.2, 0) is 4.89 Å². The highest BCUT2D eigenvalue weighted by Crippen LogP contribution is 2.21. The number of rotatable bonds is 2. The molecule has 1 rings (SSSR count). The van der Waals surface area contributed by atoms with Gasteiger partial charge in [0.2, 0.25) is 0 Å². The molecule has 0 aromatic carbocycles. The van der Waals surface area contributed by atoms with Gasteiger partial charge in [0.05, 0.1) is 0 Å². The Morgan fingerprint density at radius 1 is 1.60 bits per heavy atom. The maximum Gasteiger partial charge on any atom is 0.133 e. The Morgan fingerprint density at radius 2 is 2.30 bits per heavy atom. The van der Waals surface area contributed by atoms with Gasteiger partial charge in [0.25, 0.3) is 0 Å². The molecule has 0 aromatic rings. The van der Waals surface area contributed by atoms with Gasteiger partial charge in [0.1, 0.15) is 6.10 Å². The zero-order chi connectivity index (χ0) is 7.56. The Bertz CT molecular complexity index is 168. The minimum absolute atomic E-state index is 0.208. The van der Waals surface area contributed by atoms with Crippen LogP contribution in [0.5, 0.6) is 0 Å². The third-order valence-corrected chi connectivity index (χ3v) is 1.68. The van der Waals surface area contributed by atoms with Crippen LogP contribution in [0.15, 0.2) is 23.8 Å². The smallest absolute Gasteiger partial charge is 0.133 e. The summed E-state index contributed by atoms with van der Waals surface area (Å²) in [6.45, 7) is 4.15. The SMILES string of the molecule is CC(C)C1=CC=CC1OO. The van der Waals surface area contributed by atoms with Crippen LogP contribution in [0.25, 0.3) is 0 Å². The maximum absolute atomic E-state index is 8.39. The summed E-state index contributed by atoms with van der Waals surface area (Å²) in [6, 6.07) is 0. The van der Waals surface area contributed by atoms with Gasteiger partial charge in [-0.15, -0.1) is 0 Å². The van der Waals surface area contributed by atoms with Gasteiger partial charge in [0.15, 0.2) is 0 Å². The topological polar surface area (TPSA) is 29.5 Å². The van der Waals surface area contributed by atoms with E-state index in [-0.39, 0.29) is 6.10 Å². The van der Waals surface area contributed by atoms with E-state index in [4.69, 9.17) is 5.26 Å². The van der Waals surface area contributed by atoms with Crippen molar-refractivity contribution in [3.8, 4) is 0 Å². The van der Waals surface area contributed by atoms with E-state index in [2.05, 4.69) is 18.7 Å². The zero-order valence-electron chi connectivity index (χ0n) is 6.24. The molecule has 1 atom stereocenters. The summed E-state index contributed by atoms with van der Waals surface area (Å²) in [4.78, 5) is 4.23. The van der Waals surface area contributed by atoms with Crippen LogP contribution in [0.3, 0.4) is 0 Å². The van der Waals surface area contributed by atoms with Crippen molar-refractivity contribution in [2.24, 2.45) is 5.92 Å². The molecule has 1 unspecified atom stereocenters. The molecule has 10 heavy (non-hydrogen) atoms. The molecule has 0 amide bonds. The van der Waals surface area contributed by atoms with Crippen molar-refractivity contribution < 1.29 is 10.1 Å². The molecule has 0 radical (unpaired) electrons. The van der Waals surface area contributed by atoms with E-state index in [1.807, 2.05) is 18.2 Å². The van der Waals surface area contributed by atoms with Crippen molar-refractivity contribution in [1.29, 1.82) is 0 Å². The van der Waals surface area contributed by atoms with Gasteiger partial charge in [0, 0.05) is 0 Å². The molecule has 0 heterocycles. The molecule has 1 aliphatic rings. The van der Waals surface area contributed by atoms with E-state index in [0.29, 0.717) is 5.92 Å². The molecule has 2 nitrogen and oxygen atoms in total. The summed E-state index contributed by atoms with van der Waals surface area (Å²) in [7, 11) is 0. The molecule has 0 saturated carbocycles. The predicted octanol–water partition coefficient (Wildman–Crippen LogP) is 2.00. The van der Waals surface area contributed by atoms with Gasteiger partial charge in [-0.25, -0.2) is 4.89 Å². The van der Waals surface area contributed by atoms with Gasteiger partial charge in [-0.05, 0) is 17.6 Å². The molecule has 1 aliphatic carbocycles. The lowest BCUT2D eigenvalue weighted by Crippen LogP contribution is -2.12. The summed E-state index contributed by atoms with van der Waals surface area (Å²) in [5, 5.41) is 8.39. The minimum Gasteiger partial charge on any atom is -0.251 e. The fraction of sp³-hybridized carbons (Fsp3) is 0.500. The molecular weight excluding hydrogens is 128 g/mol. The Hall–Kier alpha value is -0.600. The normalized spacial score (nSPS) is 24.0. The van der Waals surface area contributed by atoms with Crippen LogP contribution in [0.1, 0.15) is 13.8 Å². The Kier molecular flexibility index (Phi) is 2.25. The van der Waals surface area contributed by atoms with Gasteiger partial charge in [-0.3, -0.25) is 5.26 Å². The molecule has 0 bridgehead atoms. The lowest BCUT2D eigenvalue weighted by molar-refractivity contribution is -0.257. The highest BCUT2D eigenvalue weighted by atomic mass is 17.1. The Morgan fingerprint density at radius 3 is 2.70 bits per heavy atom. The van der Waals surface area contributed by atoms with Crippen LogP contribution in [0.2, 0.25) is 0 Å². The first-order valence-corrected chi connectivity index (χ1v) is 3.44. The van der Waals surface area contributed by atoms with E-state index in [1.54, 1.807) is 0 Å². The van der Waals surface area contributed by atoms with E-state index in [9.17, 15) is 0 Å². The number of allylic oxidation sites excluding steroid dienone is 2. The molecule has 0 aliphatic heterocycles. The monoisotopic (exact) mass is 140 g/mol. The van der Waals surface area contributed by atoms with Gasteiger partial charge < -0.3 is 0 Å². The van der Waals surface area contributed by atoms with Crippen molar-refractivity contribution in [3.05, 3.63) is 23.8 Å². The lowest BCUT2D eigenvalue weighted by atomic mass is 10.0. The van der Waals surface area contributed by atoms with Crippen LogP contribution >= 0.6 is 0 Å². The number of hydrogen-bond acceptors (Lipinski definition) is 2. The number of hydrogen-bond donors (Lipinski definition) is 1. The second-order valence-corrected chi connectivity index (χ2v) is 2.73. The van der Waals surface area contributed by atoms with Crippen LogP contribution in [0.4, 0.5) is 0 Å². The lowest BCUT2D eigenvalue weighted by Gasteiger charge is -2.12. The standard InChI is InChI=1S/C8H12O2/c1-6(2)7-4-3-5-8(7)10-9/h3-6,8-9H,1-2H3. The fourth-order valence-corrected chi connectivity index (χ4v) is 1.09. The van der Waals surface area contributed by atoms with E-state index >= 15 is 0 Å². The van der Waals surface area contributed by atoms with Gasteiger partial charge >= 0.3 is 0 Å². The Labute approximate surface area is 60.7 Å². The van der Waals surface area contributed by atoms with Crippen molar-refractivity contribution in [2.45, 2.75) is 20.0 Å². The molecular formula is C8H12O2. The first-order valence-electron chi connectivity index (χ1n) is 3.44. The maximum atomic E-state index is 8.39. The largest absolute Gasteiger partial charge is 0.251 e. The summed E-state index contributed by atoms with van der Waals surface area (Å²) >= 11 is 0. The summed E-state index contributed by atoms with van der Waals surface area (Å²) in [6.07, 6.45) is 5.50. The molecule has 0 spiro atoms. The summed E-state index contributed by atoms with van der Waals surface area (Å²) in [5.74, 6) is 0.437. The minimum atomic E-state index is -0.208. The molecule has 2 heteroatoms. The van der Waals surface area contributed by atoms with Crippen LogP contribution in [0, 0.1) is 5.92 Å². The van der Waals surface area contributed by atoms with E-state index in [0.717, 1.165) is 5.57 Å². The average Bonchev–Trinajstić information content (AvgIpc) is 2.33. The molecule has 0 saturated heterocycles.